The van der Waals surface area contributed by atoms with Crippen LogP contribution in [0.3, 0.4) is 0 Å². The van der Waals surface area contributed by atoms with E-state index in [-0.39, 0.29) is 35.1 Å². The fraction of sp³-hybridized carbons (Fsp3) is 0.312. The maximum Gasteiger partial charge on any atom is 0.251 e. The molecule has 0 unspecified atom stereocenters. The minimum atomic E-state index is -3.76. The monoisotopic (exact) mass is 416 g/mol. The van der Waals surface area contributed by atoms with Crippen LogP contribution in [0.4, 0.5) is 0 Å². The Morgan fingerprint density at radius 2 is 1.88 bits per heavy atom. The lowest BCUT2D eigenvalue weighted by atomic mass is 10.2. The topological polar surface area (TPSA) is 109 Å². The predicted molar refractivity (Wildman–Crippen MR) is 101 cm³/mol. The Kier molecular flexibility index (Phi) is 6.93. The van der Waals surface area contributed by atoms with E-state index in [1.807, 2.05) is 17.5 Å². The fourth-order valence-electron chi connectivity index (χ4n) is 2.03. The minimum absolute atomic E-state index is 0.00646. The number of hydrogen-bond donors (Lipinski definition) is 2. The lowest BCUT2D eigenvalue weighted by Gasteiger charge is -2.09. The van der Waals surface area contributed by atoms with E-state index in [4.69, 9.17) is 0 Å². The van der Waals surface area contributed by atoms with E-state index in [2.05, 4.69) is 10.0 Å². The van der Waals surface area contributed by atoms with Gasteiger partial charge in [-0.2, -0.15) is 0 Å². The van der Waals surface area contributed by atoms with E-state index in [9.17, 15) is 21.6 Å². The Bertz CT molecular complexity index is 952. The summed E-state index contributed by atoms with van der Waals surface area (Å²) in [4.78, 5) is 13.0. The number of thiophene rings is 1. The van der Waals surface area contributed by atoms with Crippen molar-refractivity contribution in [2.45, 2.75) is 18.4 Å². The van der Waals surface area contributed by atoms with Gasteiger partial charge < -0.3 is 5.32 Å². The summed E-state index contributed by atoms with van der Waals surface area (Å²) in [6.07, 6.45) is 0. The van der Waals surface area contributed by atoms with Gasteiger partial charge in [0.05, 0.1) is 10.6 Å². The quantitative estimate of drug-likeness (QED) is 0.642. The lowest BCUT2D eigenvalue weighted by Crippen LogP contribution is -2.30. The van der Waals surface area contributed by atoms with Crippen molar-refractivity contribution in [1.29, 1.82) is 0 Å². The number of sulfone groups is 1. The summed E-state index contributed by atoms with van der Waals surface area (Å²) in [6.45, 7) is 1.68. The minimum Gasteiger partial charge on any atom is -0.351 e. The molecule has 0 saturated heterocycles. The van der Waals surface area contributed by atoms with Gasteiger partial charge in [-0.05, 0) is 29.6 Å². The molecule has 26 heavy (non-hydrogen) atoms. The second kappa shape index (κ2) is 8.76. The molecule has 2 N–H and O–H groups in total. The van der Waals surface area contributed by atoms with Gasteiger partial charge in [0, 0.05) is 29.3 Å². The van der Waals surface area contributed by atoms with E-state index < -0.39 is 25.8 Å². The van der Waals surface area contributed by atoms with Crippen LogP contribution < -0.4 is 10.0 Å². The van der Waals surface area contributed by atoms with Crippen molar-refractivity contribution in [2.75, 3.05) is 18.1 Å². The molecule has 0 bridgehead atoms. The van der Waals surface area contributed by atoms with Crippen molar-refractivity contribution in [3.8, 4) is 0 Å². The maximum atomic E-state index is 12.4. The summed E-state index contributed by atoms with van der Waals surface area (Å²) in [5.74, 6) is -0.672. The predicted octanol–water partition coefficient (Wildman–Crippen LogP) is 1.39. The molecule has 2 rings (SSSR count). The van der Waals surface area contributed by atoms with Crippen LogP contribution >= 0.6 is 11.3 Å². The van der Waals surface area contributed by atoms with Gasteiger partial charge in [0.1, 0.15) is 0 Å². The third kappa shape index (κ3) is 5.90. The normalized spacial score (nSPS) is 12.0. The lowest BCUT2D eigenvalue weighted by molar-refractivity contribution is 0.0956. The first-order valence-electron chi connectivity index (χ1n) is 7.84. The maximum absolute atomic E-state index is 12.4. The Morgan fingerprint density at radius 1 is 1.12 bits per heavy atom. The largest absolute Gasteiger partial charge is 0.351 e. The first-order valence-corrected chi connectivity index (χ1v) is 12.0. The highest BCUT2D eigenvalue weighted by Gasteiger charge is 2.16. The molecule has 1 aromatic heterocycles. The molecular weight excluding hydrogens is 396 g/mol. The third-order valence-electron chi connectivity index (χ3n) is 3.56. The number of carbonyl (C=O) groups excluding carboxylic acids is 1. The third-order valence-corrected chi connectivity index (χ3v) is 7.54. The highest BCUT2D eigenvalue weighted by molar-refractivity contribution is 7.91. The molecule has 1 aromatic carbocycles. The first-order chi connectivity index (χ1) is 12.2. The van der Waals surface area contributed by atoms with Crippen LogP contribution in [-0.2, 0) is 26.4 Å². The highest BCUT2D eigenvalue weighted by Crippen LogP contribution is 2.14. The second-order valence-electron chi connectivity index (χ2n) is 5.42. The number of rotatable bonds is 9. The van der Waals surface area contributed by atoms with Crippen LogP contribution in [0.2, 0.25) is 0 Å². The number of carbonyl (C=O) groups is 1. The molecule has 7 nitrogen and oxygen atoms in total. The van der Waals surface area contributed by atoms with Gasteiger partial charge in [-0.15, -0.1) is 11.3 Å². The van der Waals surface area contributed by atoms with Crippen molar-refractivity contribution in [3.63, 3.8) is 0 Å². The van der Waals surface area contributed by atoms with Crippen LogP contribution in [0.15, 0.2) is 46.7 Å². The summed E-state index contributed by atoms with van der Waals surface area (Å²) in [5, 5.41) is 4.35. The first kappa shape index (κ1) is 20.6. The molecule has 0 atom stereocenters. The van der Waals surface area contributed by atoms with Crippen molar-refractivity contribution < 1.29 is 21.6 Å². The van der Waals surface area contributed by atoms with Crippen LogP contribution in [0.5, 0.6) is 0 Å². The Hall–Kier alpha value is -1.75. The van der Waals surface area contributed by atoms with Gasteiger partial charge in [-0.3, -0.25) is 4.79 Å². The van der Waals surface area contributed by atoms with Crippen molar-refractivity contribution in [1.82, 2.24) is 10.0 Å². The molecule has 0 spiro atoms. The van der Waals surface area contributed by atoms with Gasteiger partial charge >= 0.3 is 0 Å². The summed E-state index contributed by atoms with van der Waals surface area (Å²) in [7, 11) is -6.94. The van der Waals surface area contributed by atoms with Crippen molar-refractivity contribution in [3.05, 3.63) is 52.2 Å². The zero-order valence-electron chi connectivity index (χ0n) is 14.1. The smallest absolute Gasteiger partial charge is 0.251 e. The zero-order valence-corrected chi connectivity index (χ0v) is 16.6. The van der Waals surface area contributed by atoms with Gasteiger partial charge in [-0.1, -0.05) is 19.1 Å². The molecule has 142 valence electrons. The van der Waals surface area contributed by atoms with Gasteiger partial charge in [0.2, 0.25) is 10.0 Å². The molecule has 0 fully saturated rings. The van der Waals surface area contributed by atoms with E-state index >= 15 is 0 Å². The summed E-state index contributed by atoms with van der Waals surface area (Å²) in [5.41, 5.74) is 0.151. The number of nitrogens with one attached hydrogen (secondary N) is 2. The van der Waals surface area contributed by atoms with Crippen molar-refractivity contribution >= 4 is 37.1 Å². The second-order valence-corrected chi connectivity index (χ2v) is 10.7. The highest BCUT2D eigenvalue weighted by atomic mass is 32.2. The van der Waals surface area contributed by atoms with Gasteiger partial charge in [-0.25, -0.2) is 21.6 Å². The SMILES string of the molecule is CCS(=O)(=O)CCNC(=O)c1cccc(S(=O)(=O)NCc2cccs2)c1. The number of amides is 1. The van der Waals surface area contributed by atoms with E-state index in [1.165, 1.54) is 42.5 Å². The molecule has 0 aliphatic carbocycles. The Morgan fingerprint density at radius 3 is 2.54 bits per heavy atom. The van der Waals surface area contributed by atoms with Crippen LogP contribution in [0, 0.1) is 0 Å². The number of benzene rings is 1. The van der Waals surface area contributed by atoms with E-state index in [0.29, 0.717) is 0 Å². The standard InChI is InChI=1S/C16H20N2O5S3/c1-2-25(20,21)10-8-17-16(19)13-5-3-7-15(11-13)26(22,23)18-12-14-6-4-9-24-14/h3-7,9,11,18H,2,8,10,12H2,1H3,(H,17,19). The molecule has 10 heteroatoms. The summed E-state index contributed by atoms with van der Waals surface area (Å²) in [6, 6.07) is 9.26. The fourth-order valence-corrected chi connectivity index (χ4v) is 4.52. The molecule has 0 aliphatic heterocycles. The van der Waals surface area contributed by atoms with Gasteiger partial charge in [0.25, 0.3) is 5.91 Å². The van der Waals surface area contributed by atoms with Crippen LogP contribution in [0.25, 0.3) is 0 Å². The number of hydrogen-bond acceptors (Lipinski definition) is 6. The molecule has 0 radical (unpaired) electrons. The summed E-state index contributed by atoms with van der Waals surface area (Å²) >= 11 is 1.44. The molecule has 0 aliphatic rings. The van der Waals surface area contributed by atoms with E-state index in [1.54, 1.807) is 0 Å². The van der Waals surface area contributed by atoms with Gasteiger partial charge in [0.15, 0.2) is 9.84 Å². The van der Waals surface area contributed by atoms with Crippen LogP contribution in [-0.4, -0.2) is 40.8 Å². The molecule has 0 saturated carbocycles. The number of sulfonamides is 1. The van der Waals surface area contributed by atoms with E-state index in [0.717, 1.165) is 4.88 Å². The molecule has 1 heterocycles. The average Bonchev–Trinajstić information content (AvgIpc) is 3.13. The Labute approximate surface area is 157 Å². The average molecular weight is 417 g/mol. The molecular formula is C16H20N2O5S3. The molecule has 2 aromatic rings. The van der Waals surface area contributed by atoms with Crippen LogP contribution in [0.1, 0.15) is 22.2 Å². The zero-order chi connectivity index (χ0) is 19.2. The molecule has 1 amide bonds. The van der Waals surface area contributed by atoms with Crippen molar-refractivity contribution in [2.24, 2.45) is 0 Å². The summed E-state index contributed by atoms with van der Waals surface area (Å²) < 4.78 is 50.1. The Balaban J connectivity index is 2.03.